The van der Waals surface area contributed by atoms with Crippen LogP contribution < -0.4 is 0 Å². The maximum absolute atomic E-state index is 11.6. The summed E-state index contributed by atoms with van der Waals surface area (Å²) < 4.78 is 23.2. The standard InChI is InChI=1S/C16H24O2S/c17-19(18)15-13-11-9-7-5-3-1-2-4-6-8-10-12-14-16-19/h1-10,15-16H2. The summed E-state index contributed by atoms with van der Waals surface area (Å²) in [6.45, 7) is 0. The predicted molar refractivity (Wildman–Crippen MR) is 80.4 cm³/mol. The SMILES string of the molecule is O=S1(=O)CC#CCCCCCCCCCCC#CC1. The van der Waals surface area contributed by atoms with Crippen LogP contribution in [0.15, 0.2) is 0 Å². The lowest BCUT2D eigenvalue weighted by molar-refractivity contribution is 0.573. The van der Waals surface area contributed by atoms with E-state index in [1.807, 2.05) is 0 Å². The molecule has 0 saturated carbocycles. The Balaban J connectivity index is 2.45. The zero-order chi connectivity index (χ0) is 13.8. The van der Waals surface area contributed by atoms with Crippen molar-refractivity contribution < 1.29 is 8.42 Å². The first-order valence-electron chi connectivity index (χ1n) is 7.32. The van der Waals surface area contributed by atoms with Gasteiger partial charge in [-0.1, -0.05) is 50.4 Å². The van der Waals surface area contributed by atoms with E-state index in [0.717, 1.165) is 25.7 Å². The Morgan fingerprint density at radius 3 is 1.32 bits per heavy atom. The van der Waals surface area contributed by atoms with Gasteiger partial charge in [-0.25, -0.2) is 8.42 Å². The van der Waals surface area contributed by atoms with Crippen LogP contribution >= 0.6 is 0 Å². The third kappa shape index (κ3) is 9.62. The summed E-state index contributed by atoms with van der Waals surface area (Å²) in [6, 6.07) is 0. The monoisotopic (exact) mass is 280 g/mol. The minimum Gasteiger partial charge on any atom is -0.227 e. The maximum atomic E-state index is 11.6. The van der Waals surface area contributed by atoms with Crippen molar-refractivity contribution in [2.75, 3.05) is 11.5 Å². The minimum absolute atomic E-state index is 0.0400. The van der Waals surface area contributed by atoms with E-state index < -0.39 is 9.84 Å². The third-order valence-corrected chi connectivity index (χ3v) is 4.36. The second-order valence-electron chi connectivity index (χ2n) is 5.07. The molecule has 0 spiro atoms. The highest BCUT2D eigenvalue weighted by molar-refractivity contribution is 7.91. The molecule has 0 amide bonds. The number of hydrogen-bond donors (Lipinski definition) is 0. The molecule has 0 aromatic heterocycles. The van der Waals surface area contributed by atoms with Crippen LogP contribution in [-0.4, -0.2) is 19.9 Å². The fourth-order valence-electron chi connectivity index (χ4n) is 2.04. The minimum atomic E-state index is -3.10. The third-order valence-electron chi connectivity index (χ3n) is 3.19. The second kappa shape index (κ2) is 9.93. The van der Waals surface area contributed by atoms with Gasteiger partial charge in [-0.3, -0.25) is 0 Å². The second-order valence-corrected chi connectivity index (χ2v) is 7.13. The molecule has 3 heteroatoms. The fraction of sp³-hybridized carbons (Fsp3) is 0.750. The number of rotatable bonds is 0. The summed E-state index contributed by atoms with van der Waals surface area (Å²) >= 11 is 0. The predicted octanol–water partition coefficient (Wildman–Crippen LogP) is 3.32. The Morgan fingerprint density at radius 1 is 0.526 bits per heavy atom. The van der Waals surface area contributed by atoms with Crippen molar-refractivity contribution in [1.82, 2.24) is 0 Å². The molecule has 0 fully saturated rings. The molecule has 1 rings (SSSR count). The Bertz CT molecular complexity index is 416. The van der Waals surface area contributed by atoms with Gasteiger partial charge in [0, 0.05) is 12.8 Å². The average molecular weight is 280 g/mol. The van der Waals surface area contributed by atoms with Gasteiger partial charge in [0.1, 0.15) is 11.5 Å². The summed E-state index contributed by atoms with van der Waals surface area (Å²) in [4.78, 5) is 0. The van der Waals surface area contributed by atoms with Gasteiger partial charge in [-0.2, -0.15) is 0 Å². The lowest BCUT2D eigenvalue weighted by Gasteiger charge is -1.99. The highest BCUT2D eigenvalue weighted by Crippen LogP contribution is 2.10. The molecule has 0 bridgehead atoms. The van der Waals surface area contributed by atoms with Crippen molar-refractivity contribution in [3.63, 3.8) is 0 Å². The molecular formula is C16H24O2S. The number of sulfone groups is 1. The maximum Gasteiger partial charge on any atom is 0.172 e. The van der Waals surface area contributed by atoms with E-state index in [4.69, 9.17) is 0 Å². The van der Waals surface area contributed by atoms with Crippen molar-refractivity contribution in [3.05, 3.63) is 0 Å². The molecule has 1 heterocycles. The highest BCUT2D eigenvalue weighted by Gasteiger charge is 2.05. The molecule has 0 N–H and O–H groups in total. The van der Waals surface area contributed by atoms with Crippen LogP contribution in [0.1, 0.15) is 64.2 Å². The summed E-state index contributed by atoms with van der Waals surface area (Å²) in [7, 11) is -3.10. The quantitative estimate of drug-likeness (QED) is 0.638. The fourth-order valence-corrected chi connectivity index (χ4v) is 2.78. The smallest absolute Gasteiger partial charge is 0.172 e. The van der Waals surface area contributed by atoms with Gasteiger partial charge in [0.05, 0.1) is 0 Å². The summed E-state index contributed by atoms with van der Waals surface area (Å²) in [5.41, 5.74) is 0. The topological polar surface area (TPSA) is 34.1 Å². The highest BCUT2D eigenvalue weighted by atomic mass is 32.2. The van der Waals surface area contributed by atoms with Crippen LogP contribution in [0, 0.1) is 23.7 Å². The van der Waals surface area contributed by atoms with Gasteiger partial charge in [0.2, 0.25) is 0 Å². The van der Waals surface area contributed by atoms with Crippen molar-refractivity contribution in [1.29, 1.82) is 0 Å². The Kier molecular flexibility index (Phi) is 8.43. The largest absolute Gasteiger partial charge is 0.227 e. The molecule has 0 aromatic carbocycles. The molecule has 0 unspecified atom stereocenters. The first-order valence-corrected chi connectivity index (χ1v) is 9.15. The van der Waals surface area contributed by atoms with E-state index in [1.54, 1.807) is 0 Å². The van der Waals surface area contributed by atoms with Gasteiger partial charge < -0.3 is 0 Å². The first-order chi connectivity index (χ1) is 9.21. The van der Waals surface area contributed by atoms with E-state index in [2.05, 4.69) is 23.7 Å². The Morgan fingerprint density at radius 2 is 0.895 bits per heavy atom. The van der Waals surface area contributed by atoms with Crippen molar-refractivity contribution in [2.45, 2.75) is 64.2 Å². The molecular weight excluding hydrogens is 256 g/mol. The molecule has 1 aliphatic rings. The van der Waals surface area contributed by atoms with Crippen LogP contribution in [-0.2, 0) is 9.84 Å². The summed E-state index contributed by atoms with van der Waals surface area (Å²) in [5.74, 6) is 11.4. The summed E-state index contributed by atoms with van der Waals surface area (Å²) in [5, 5.41) is 0. The van der Waals surface area contributed by atoms with E-state index in [1.165, 1.54) is 38.5 Å². The molecule has 2 nitrogen and oxygen atoms in total. The molecule has 106 valence electrons. The molecule has 0 atom stereocenters. The van der Waals surface area contributed by atoms with Crippen molar-refractivity contribution in [2.24, 2.45) is 0 Å². The first kappa shape index (κ1) is 16.1. The van der Waals surface area contributed by atoms with E-state index in [0.29, 0.717) is 0 Å². The normalized spacial score (nSPS) is 22.1. The Labute approximate surface area is 118 Å². The van der Waals surface area contributed by atoms with Gasteiger partial charge in [0.25, 0.3) is 0 Å². The Hall–Kier alpha value is -0.930. The zero-order valence-electron chi connectivity index (χ0n) is 11.7. The van der Waals surface area contributed by atoms with Crippen LogP contribution in [0.5, 0.6) is 0 Å². The summed E-state index contributed by atoms with van der Waals surface area (Å²) in [6.07, 6.45) is 11.4. The van der Waals surface area contributed by atoms with E-state index in [-0.39, 0.29) is 11.5 Å². The molecule has 1 aliphatic heterocycles. The van der Waals surface area contributed by atoms with Gasteiger partial charge in [0.15, 0.2) is 9.84 Å². The number of hydrogen-bond acceptors (Lipinski definition) is 2. The molecule has 0 aromatic rings. The van der Waals surface area contributed by atoms with Crippen LogP contribution in [0.2, 0.25) is 0 Å². The van der Waals surface area contributed by atoms with Gasteiger partial charge in [-0.05, 0) is 12.8 Å². The van der Waals surface area contributed by atoms with Crippen molar-refractivity contribution >= 4 is 9.84 Å². The average Bonchev–Trinajstić information content (AvgIpc) is 2.37. The molecule has 0 aliphatic carbocycles. The zero-order valence-corrected chi connectivity index (χ0v) is 12.5. The van der Waals surface area contributed by atoms with Gasteiger partial charge in [-0.15, -0.1) is 11.8 Å². The molecule has 0 radical (unpaired) electrons. The molecule has 19 heavy (non-hydrogen) atoms. The molecule has 0 saturated heterocycles. The van der Waals surface area contributed by atoms with E-state index >= 15 is 0 Å². The lowest BCUT2D eigenvalue weighted by Crippen LogP contribution is -2.08. The van der Waals surface area contributed by atoms with Crippen LogP contribution in [0.25, 0.3) is 0 Å². The van der Waals surface area contributed by atoms with Gasteiger partial charge >= 0.3 is 0 Å². The van der Waals surface area contributed by atoms with Crippen LogP contribution in [0.3, 0.4) is 0 Å². The van der Waals surface area contributed by atoms with Crippen molar-refractivity contribution in [3.8, 4) is 23.7 Å². The van der Waals surface area contributed by atoms with Crippen LogP contribution in [0.4, 0.5) is 0 Å². The van der Waals surface area contributed by atoms with E-state index in [9.17, 15) is 8.42 Å². The lowest BCUT2D eigenvalue weighted by atomic mass is 10.1.